The number of nitrogens with zero attached hydrogens (tertiary/aromatic N) is 1. The van der Waals surface area contributed by atoms with Crippen LogP contribution in [0, 0.1) is 11.3 Å². The van der Waals surface area contributed by atoms with E-state index in [0.717, 1.165) is 48.6 Å². The lowest BCUT2D eigenvalue weighted by Crippen LogP contribution is -2.02. The Balaban J connectivity index is 1.79. The summed E-state index contributed by atoms with van der Waals surface area (Å²) in [6.45, 7) is 4.34. The van der Waals surface area contributed by atoms with E-state index >= 15 is 0 Å². The van der Waals surface area contributed by atoms with Crippen molar-refractivity contribution >= 4 is 11.9 Å². The van der Waals surface area contributed by atoms with Gasteiger partial charge in [0.1, 0.15) is 11.8 Å². The molecule has 0 aromatic heterocycles. The van der Waals surface area contributed by atoms with E-state index in [4.69, 9.17) is 14.7 Å². The zero-order chi connectivity index (χ0) is 21.1. The van der Waals surface area contributed by atoms with Gasteiger partial charge < -0.3 is 14.6 Å². The second kappa shape index (κ2) is 11.3. The summed E-state index contributed by atoms with van der Waals surface area (Å²) in [4.78, 5) is 22.2. The van der Waals surface area contributed by atoms with Gasteiger partial charge in [0.15, 0.2) is 0 Å². The van der Waals surface area contributed by atoms with Gasteiger partial charge >= 0.3 is 11.9 Å². The van der Waals surface area contributed by atoms with Gasteiger partial charge in [-0.25, -0.2) is 9.59 Å². The van der Waals surface area contributed by atoms with E-state index in [2.05, 4.69) is 6.58 Å². The lowest BCUT2D eigenvalue weighted by Gasteiger charge is -2.08. The van der Waals surface area contributed by atoms with Gasteiger partial charge in [-0.15, -0.1) is 0 Å². The Morgan fingerprint density at radius 2 is 1.66 bits per heavy atom. The minimum absolute atomic E-state index is 0.00964. The normalized spacial score (nSPS) is 10.0. The lowest BCUT2D eigenvalue weighted by molar-refractivity contribution is -0.137. The number of rotatable bonds is 11. The van der Waals surface area contributed by atoms with Gasteiger partial charge in [0, 0.05) is 6.08 Å². The van der Waals surface area contributed by atoms with Crippen LogP contribution in [0.25, 0.3) is 11.1 Å². The summed E-state index contributed by atoms with van der Waals surface area (Å²) in [5.41, 5.74) is 1.70. The molecule has 0 bridgehead atoms. The molecule has 0 aliphatic heterocycles. The van der Waals surface area contributed by atoms with Gasteiger partial charge in [-0.2, -0.15) is 5.26 Å². The predicted octanol–water partition coefficient (Wildman–Crippen LogP) is 4.59. The molecular formula is C23H23NO5. The van der Waals surface area contributed by atoms with Crippen LogP contribution in [0.5, 0.6) is 5.75 Å². The highest BCUT2D eigenvalue weighted by Gasteiger charge is 2.11. The number of ether oxygens (including phenoxy) is 2. The SMILES string of the molecule is C=CC(=O)OCCCCCCOc1ccc(-c2ccc(C#N)c(C(=O)O)c2)cc1. The standard InChI is InChI=1S/C23H23NO5/c1-2-22(25)29-14-6-4-3-5-13-28-20-11-9-17(10-12-20)18-7-8-19(16-24)21(15-18)23(26)27/h2,7-12,15H,1,3-6,13-14H2,(H,26,27). The number of esters is 1. The number of carbonyl (C=O) groups is 2. The molecule has 0 fully saturated rings. The van der Waals surface area contributed by atoms with Crippen molar-refractivity contribution in [2.24, 2.45) is 0 Å². The molecule has 6 heteroatoms. The van der Waals surface area contributed by atoms with Crippen molar-refractivity contribution in [2.45, 2.75) is 25.7 Å². The topological polar surface area (TPSA) is 96.6 Å². The summed E-state index contributed by atoms with van der Waals surface area (Å²) in [5.74, 6) is -0.778. The van der Waals surface area contributed by atoms with E-state index in [1.165, 1.54) is 12.1 Å². The van der Waals surface area contributed by atoms with Crippen LogP contribution < -0.4 is 4.74 Å². The highest BCUT2D eigenvalue weighted by Crippen LogP contribution is 2.25. The van der Waals surface area contributed by atoms with Crippen LogP contribution in [0.15, 0.2) is 55.1 Å². The van der Waals surface area contributed by atoms with E-state index in [-0.39, 0.29) is 11.1 Å². The predicted molar refractivity (Wildman–Crippen MR) is 109 cm³/mol. The molecule has 29 heavy (non-hydrogen) atoms. The molecule has 2 rings (SSSR count). The van der Waals surface area contributed by atoms with E-state index in [1.54, 1.807) is 6.07 Å². The Bertz CT molecular complexity index is 896. The van der Waals surface area contributed by atoms with Gasteiger partial charge in [-0.3, -0.25) is 0 Å². The molecule has 0 unspecified atom stereocenters. The van der Waals surface area contributed by atoms with Crippen LogP contribution in [0.4, 0.5) is 0 Å². The molecule has 0 atom stereocenters. The van der Waals surface area contributed by atoms with Crippen LogP contribution in [0.1, 0.15) is 41.6 Å². The number of unbranched alkanes of at least 4 members (excludes halogenated alkanes) is 3. The number of benzene rings is 2. The third-order valence-corrected chi connectivity index (χ3v) is 4.28. The Morgan fingerprint density at radius 3 is 2.28 bits per heavy atom. The van der Waals surface area contributed by atoms with Gasteiger partial charge in [0.2, 0.25) is 0 Å². The molecule has 0 spiro atoms. The number of aromatic carboxylic acids is 1. The number of carboxylic acids is 1. The molecule has 0 heterocycles. The first kappa shape index (κ1) is 21.7. The number of carbonyl (C=O) groups excluding carboxylic acids is 1. The smallest absolute Gasteiger partial charge is 0.337 e. The van der Waals surface area contributed by atoms with Crippen LogP contribution in [-0.4, -0.2) is 30.3 Å². The zero-order valence-corrected chi connectivity index (χ0v) is 16.1. The Hall–Kier alpha value is -3.59. The third-order valence-electron chi connectivity index (χ3n) is 4.28. The average Bonchev–Trinajstić information content (AvgIpc) is 2.75. The molecule has 0 radical (unpaired) electrons. The van der Waals surface area contributed by atoms with Crippen molar-refractivity contribution in [3.05, 3.63) is 66.2 Å². The summed E-state index contributed by atoms with van der Waals surface area (Å²) in [6.07, 6.45) is 4.81. The molecule has 0 saturated heterocycles. The van der Waals surface area contributed by atoms with Crippen molar-refractivity contribution in [3.63, 3.8) is 0 Å². The van der Waals surface area contributed by atoms with Crippen molar-refractivity contribution < 1.29 is 24.2 Å². The first-order valence-electron chi connectivity index (χ1n) is 9.35. The van der Waals surface area contributed by atoms with Crippen LogP contribution >= 0.6 is 0 Å². The average molecular weight is 393 g/mol. The minimum atomic E-state index is -1.12. The van der Waals surface area contributed by atoms with E-state index in [9.17, 15) is 14.7 Å². The molecule has 2 aromatic carbocycles. The first-order valence-corrected chi connectivity index (χ1v) is 9.35. The molecule has 0 saturated carbocycles. The monoisotopic (exact) mass is 393 g/mol. The highest BCUT2D eigenvalue weighted by molar-refractivity contribution is 5.92. The minimum Gasteiger partial charge on any atom is -0.494 e. The summed E-state index contributed by atoms with van der Waals surface area (Å²) < 4.78 is 10.6. The fourth-order valence-electron chi connectivity index (χ4n) is 2.72. The highest BCUT2D eigenvalue weighted by atomic mass is 16.5. The summed E-state index contributed by atoms with van der Waals surface area (Å²) in [7, 11) is 0. The summed E-state index contributed by atoms with van der Waals surface area (Å²) >= 11 is 0. The lowest BCUT2D eigenvalue weighted by atomic mass is 9.99. The summed E-state index contributed by atoms with van der Waals surface area (Å²) in [5, 5.41) is 18.2. The third kappa shape index (κ3) is 6.82. The van der Waals surface area contributed by atoms with Crippen molar-refractivity contribution in [1.29, 1.82) is 5.26 Å². The van der Waals surface area contributed by atoms with Gasteiger partial charge in [-0.05, 0) is 61.1 Å². The van der Waals surface area contributed by atoms with Gasteiger partial charge in [0.25, 0.3) is 0 Å². The Labute approximate surface area is 170 Å². The molecule has 1 N–H and O–H groups in total. The Morgan fingerprint density at radius 1 is 1.00 bits per heavy atom. The van der Waals surface area contributed by atoms with Crippen molar-refractivity contribution in [2.75, 3.05) is 13.2 Å². The quantitative estimate of drug-likeness (QED) is 0.341. The number of hydrogen-bond acceptors (Lipinski definition) is 5. The van der Waals surface area contributed by atoms with E-state index in [1.807, 2.05) is 30.3 Å². The largest absolute Gasteiger partial charge is 0.494 e. The molecule has 150 valence electrons. The maximum Gasteiger partial charge on any atom is 0.337 e. The maximum atomic E-state index is 11.3. The van der Waals surface area contributed by atoms with Crippen LogP contribution in [0.2, 0.25) is 0 Å². The van der Waals surface area contributed by atoms with Gasteiger partial charge in [-0.1, -0.05) is 24.8 Å². The fraction of sp³-hybridized carbons (Fsp3) is 0.261. The molecule has 2 aromatic rings. The number of hydrogen-bond donors (Lipinski definition) is 1. The Kier molecular flexibility index (Phi) is 8.46. The zero-order valence-electron chi connectivity index (χ0n) is 16.1. The molecule has 0 aliphatic carbocycles. The second-order valence-electron chi connectivity index (χ2n) is 6.34. The molecule has 6 nitrogen and oxygen atoms in total. The van der Waals surface area contributed by atoms with Crippen LogP contribution in [-0.2, 0) is 9.53 Å². The van der Waals surface area contributed by atoms with Crippen LogP contribution in [0.3, 0.4) is 0 Å². The van der Waals surface area contributed by atoms with Crippen molar-refractivity contribution in [3.8, 4) is 22.9 Å². The molecular weight excluding hydrogens is 370 g/mol. The van der Waals surface area contributed by atoms with E-state index in [0.29, 0.717) is 13.2 Å². The van der Waals surface area contributed by atoms with E-state index < -0.39 is 11.9 Å². The number of nitriles is 1. The van der Waals surface area contributed by atoms with Gasteiger partial charge in [0.05, 0.1) is 24.3 Å². The fourth-order valence-corrected chi connectivity index (χ4v) is 2.72. The number of carboxylic acid groups (broad SMARTS) is 1. The van der Waals surface area contributed by atoms with Crippen molar-refractivity contribution in [1.82, 2.24) is 0 Å². The maximum absolute atomic E-state index is 11.3. The second-order valence-corrected chi connectivity index (χ2v) is 6.34. The first-order chi connectivity index (χ1) is 14.0. The molecule has 0 aliphatic rings. The summed E-state index contributed by atoms with van der Waals surface area (Å²) in [6, 6.07) is 14.0. The molecule has 0 amide bonds.